The molecular formula is C26H26N4O3. The lowest BCUT2D eigenvalue weighted by Crippen LogP contribution is -2.53. The van der Waals surface area contributed by atoms with Crippen LogP contribution in [0.2, 0.25) is 0 Å². The smallest absolute Gasteiger partial charge is 0.317 e. The summed E-state index contributed by atoms with van der Waals surface area (Å²) in [5, 5.41) is 3.02. The van der Waals surface area contributed by atoms with Crippen molar-refractivity contribution in [3.63, 3.8) is 0 Å². The van der Waals surface area contributed by atoms with Crippen molar-refractivity contribution in [2.45, 2.75) is 6.54 Å². The van der Waals surface area contributed by atoms with E-state index in [1.165, 1.54) is 0 Å². The molecule has 0 unspecified atom stereocenters. The van der Waals surface area contributed by atoms with Gasteiger partial charge in [-0.1, -0.05) is 42.5 Å². The number of amidine groups is 1. The van der Waals surface area contributed by atoms with Gasteiger partial charge in [0.2, 0.25) is 0 Å². The molecule has 7 nitrogen and oxygen atoms in total. The number of carbonyl (C=O) groups excluding carboxylic acids is 1. The number of hydrogen-bond acceptors (Lipinski definition) is 5. The monoisotopic (exact) mass is 442 g/mol. The maximum absolute atomic E-state index is 12.7. The van der Waals surface area contributed by atoms with Gasteiger partial charge in [0.1, 0.15) is 23.0 Å². The van der Waals surface area contributed by atoms with Crippen LogP contribution in [0.15, 0.2) is 77.8 Å². The van der Waals surface area contributed by atoms with Crippen molar-refractivity contribution in [2.75, 3.05) is 33.3 Å². The van der Waals surface area contributed by atoms with Crippen LogP contribution in [0.25, 0.3) is 0 Å². The van der Waals surface area contributed by atoms with Gasteiger partial charge in [0, 0.05) is 38.8 Å². The topological polar surface area (TPSA) is 66.4 Å². The molecule has 0 radical (unpaired) electrons. The molecular weight excluding hydrogens is 416 g/mol. The number of amides is 2. The molecule has 7 heteroatoms. The lowest BCUT2D eigenvalue weighted by molar-refractivity contribution is 0.169. The van der Waals surface area contributed by atoms with E-state index in [1.54, 1.807) is 7.11 Å². The van der Waals surface area contributed by atoms with E-state index in [2.05, 4.69) is 10.2 Å². The first-order valence-electron chi connectivity index (χ1n) is 11.1. The second kappa shape index (κ2) is 9.24. The van der Waals surface area contributed by atoms with E-state index in [1.807, 2.05) is 77.7 Å². The van der Waals surface area contributed by atoms with Crippen molar-refractivity contribution in [1.29, 1.82) is 0 Å². The van der Waals surface area contributed by atoms with Gasteiger partial charge in [-0.3, -0.25) is 0 Å². The highest BCUT2D eigenvalue weighted by Crippen LogP contribution is 2.39. The molecule has 3 aromatic carbocycles. The molecule has 2 amide bonds. The van der Waals surface area contributed by atoms with Crippen molar-refractivity contribution in [3.05, 3.63) is 83.9 Å². The predicted molar refractivity (Wildman–Crippen MR) is 128 cm³/mol. The van der Waals surface area contributed by atoms with Gasteiger partial charge in [-0.05, 0) is 29.8 Å². The van der Waals surface area contributed by atoms with E-state index in [9.17, 15) is 4.79 Å². The SMILES string of the molecule is COc1ccc2c(c1)Oc1ccccc1N=C2N1CCN(C(=O)NCc2ccccc2)CC1. The highest BCUT2D eigenvalue weighted by atomic mass is 16.5. The summed E-state index contributed by atoms with van der Waals surface area (Å²) >= 11 is 0. The van der Waals surface area contributed by atoms with E-state index in [4.69, 9.17) is 14.5 Å². The number of benzene rings is 3. The zero-order chi connectivity index (χ0) is 22.6. The van der Waals surface area contributed by atoms with Gasteiger partial charge in [0.05, 0.1) is 12.7 Å². The Morgan fingerprint density at radius 3 is 2.52 bits per heavy atom. The molecule has 0 spiro atoms. The van der Waals surface area contributed by atoms with Gasteiger partial charge < -0.3 is 24.6 Å². The minimum Gasteiger partial charge on any atom is -0.497 e. The highest BCUT2D eigenvalue weighted by molar-refractivity contribution is 6.04. The van der Waals surface area contributed by atoms with Crippen LogP contribution in [0.3, 0.4) is 0 Å². The molecule has 1 saturated heterocycles. The molecule has 0 saturated carbocycles. The lowest BCUT2D eigenvalue weighted by Gasteiger charge is -2.36. The summed E-state index contributed by atoms with van der Waals surface area (Å²) in [6.07, 6.45) is 0. The number of nitrogens with one attached hydrogen (secondary N) is 1. The standard InChI is InChI=1S/C26H26N4O3/c1-32-20-11-12-21-24(17-20)33-23-10-6-5-9-22(23)28-25(21)29-13-15-30(16-14-29)26(31)27-18-19-7-3-2-4-8-19/h2-12,17H,13-16,18H2,1H3,(H,27,31). The molecule has 1 fully saturated rings. The molecule has 168 valence electrons. The number of para-hydroxylation sites is 2. The summed E-state index contributed by atoms with van der Waals surface area (Å²) in [4.78, 5) is 21.7. The normalized spacial score (nSPS) is 14.9. The zero-order valence-corrected chi connectivity index (χ0v) is 18.5. The van der Waals surface area contributed by atoms with Gasteiger partial charge in [-0.2, -0.15) is 0 Å². The van der Waals surface area contributed by atoms with Crippen molar-refractivity contribution in [1.82, 2.24) is 15.1 Å². The molecule has 33 heavy (non-hydrogen) atoms. The summed E-state index contributed by atoms with van der Waals surface area (Å²) in [6, 6.07) is 23.4. The number of piperazine rings is 1. The summed E-state index contributed by atoms with van der Waals surface area (Å²) in [6.45, 7) is 3.13. The number of methoxy groups -OCH3 is 1. The van der Waals surface area contributed by atoms with Crippen LogP contribution in [0.1, 0.15) is 11.1 Å². The van der Waals surface area contributed by atoms with Gasteiger partial charge in [-0.25, -0.2) is 9.79 Å². The minimum absolute atomic E-state index is 0.0416. The summed E-state index contributed by atoms with van der Waals surface area (Å²) in [5.41, 5.74) is 2.78. The fourth-order valence-electron chi connectivity index (χ4n) is 4.08. The van der Waals surface area contributed by atoms with E-state index >= 15 is 0 Å². The van der Waals surface area contributed by atoms with Crippen LogP contribution < -0.4 is 14.8 Å². The van der Waals surface area contributed by atoms with E-state index in [0.717, 1.165) is 28.4 Å². The largest absolute Gasteiger partial charge is 0.497 e. The van der Waals surface area contributed by atoms with E-state index in [-0.39, 0.29) is 6.03 Å². The first kappa shape index (κ1) is 20.9. The maximum atomic E-state index is 12.7. The lowest BCUT2D eigenvalue weighted by atomic mass is 10.1. The van der Waals surface area contributed by atoms with Gasteiger partial charge in [-0.15, -0.1) is 0 Å². The average molecular weight is 443 g/mol. The number of hydrogen-bond donors (Lipinski definition) is 1. The molecule has 5 rings (SSSR count). The first-order valence-corrected chi connectivity index (χ1v) is 11.1. The minimum atomic E-state index is -0.0416. The maximum Gasteiger partial charge on any atom is 0.317 e. The summed E-state index contributed by atoms with van der Waals surface area (Å²) < 4.78 is 11.6. The molecule has 3 aromatic rings. The van der Waals surface area contributed by atoms with Crippen LogP contribution in [0.5, 0.6) is 17.2 Å². The van der Waals surface area contributed by atoms with Crippen molar-refractivity contribution in [2.24, 2.45) is 4.99 Å². The Labute approximate surface area is 193 Å². The van der Waals surface area contributed by atoms with Crippen LogP contribution in [-0.2, 0) is 6.54 Å². The fraction of sp³-hybridized carbons (Fsp3) is 0.231. The number of ether oxygens (including phenoxy) is 2. The van der Waals surface area contributed by atoms with Crippen LogP contribution in [0.4, 0.5) is 10.5 Å². The third-order valence-corrected chi connectivity index (χ3v) is 5.89. The Hall–Kier alpha value is -4.00. The number of fused-ring (bicyclic) bond motifs is 2. The quantitative estimate of drug-likeness (QED) is 0.653. The highest BCUT2D eigenvalue weighted by Gasteiger charge is 2.27. The fourth-order valence-corrected chi connectivity index (χ4v) is 4.08. The Morgan fingerprint density at radius 1 is 0.970 bits per heavy atom. The molecule has 1 N–H and O–H groups in total. The number of carbonyl (C=O) groups is 1. The Morgan fingerprint density at radius 2 is 1.73 bits per heavy atom. The van der Waals surface area contributed by atoms with Crippen molar-refractivity contribution in [3.8, 4) is 17.2 Å². The van der Waals surface area contributed by atoms with E-state index < -0.39 is 0 Å². The molecule has 0 aromatic heterocycles. The number of aliphatic imine (C=N–C) groups is 1. The molecule has 2 aliphatic heterocycles. The number of nitrogens with zero attached hydrogens (tertiary/aromatic N) is 3. The van der Waals surface area contributed by atoms with Crippen LogP contribution in [-0.4, -0.2) is 55.0 Å². The number of urea groups is 1. The second-order valence-corrected chi connectivity index (χ2v) is 7.99. The van der Waals surface area contributed by atoms with Crippen LogP contribution >= 0.6 is 0 Å². The number of rotatable bonds is 3. The Balaban J connectivity index is 1.32. The van der Waals surface area contributed by atoms with Crippen molar-refractivity contribution < 1.29 is 14.3 Å². The first-order chi connectivity index (χ1) is 16.2. The van der Waals surface area contributed by atoms with E-state index in [0.29, 0.717) is 44.2 Å². The summed E-state index contributed by atoms with van der Waals surface area (Å²) in [5.74, 6) is 3.00. The third-order valence-electron chi connectivity index (χ3n) is 5.89. The van der Waals surface area contributed by atoms with Crippen molar-refractivity contribution >= 4 is 17.6 Å². The Bertz CT molecular complexity index is 1170. The third kappa shape index (κ3) is 4.48. The van der Waals surface area contributed by atoms with Gasteiger partial charge in [0.25, 0.3) is 0 Å². The van der Waals surface area contributed by atoms with Gasteiger partial charge >= 0.3 is 6.03 Å². The average Bonchev–Trinajstić information content (AvgIpc) is 3.04. The summed E-state index contributed by atoms with van der Waals surface area (Å²) in [7, 11) is 1.64. The molecule has 0 bridgehead atoms. The zero-order valence-electron chi connectivity index (χ0n) is 18.5. The Kier molecular flexibility index (Phi) is 5.85. The second-order valence-electron chi connectivity index (χ2n) is 7.99. The molecule has 2 heterocycles. The predicted octanol–water partition coefficient (Wildman–Crippen LogP) is 4.41. The molecule has 0 atom stereocenters. The molecule has 2 aliphatic rings. The molecule has 0 aliphatic carbocycles. The van der Waals surface area contributed by atoms with Gasteiger partial charge in [0.15, 0.2) is 5.75 Å². The van der Waals surface area contributed by atoms with Crippen LogP contribution in [0, 0.1) is 0 Å².